The number of hydrogen-bond acceptors (Lipinski definition) is 2. The third-order valence-corrected chi connectivity index (χ3v) is 4.88. The molecule has 20 heavy (non-hydrogen) atoms. The lowest BCUT2D eigenvalue weighted by Gasteiger charge is -2.31. The summed E-state index contributed by atoms with van der Waals surface area (Å²) in [7, 11) is 0. The largest absolute Gasteiger partial charge is 0.365 e. The minimum atomic E-state index is 0.561. The number of ether oxygens (including phenoxy) is 1. The maximum Gasteiger partial charge on any atom is 0.0991 e. The molecule has 0 bridgehead atoms. The van der Waals surface area contributed by atoms with Crippen LogP contribution in [-0.2, 0) is 4.74 Å². The summed E-state index contributed by atoms with van der Waals surface area (Å²) in [6.45, 7) is 11.3. The smallest absolute Gasteiger partial charge is 0.0991 e. The van der Waals surface area contributed by atoms with E-state index in [0.717, 1.165) is 19.9 Å². The van der Waals surface area contributed by atoms with Crippen molar-refractivity contribution in [2.24, 2.45) is 5.41 Å². The molecule has 0 amide bonds. The van der Waals surface area contributed by atoms with Crippen LogP contribution in [-0.4, -0.2) is 31.3 Å². The molecule has 1 fully saturated rings. The van der Waals surface area contributed by atoms with Crippen molar-refractivity contribution in [3.05, 3.63) is 0 Å². The molecule has 1 atom stereocenters. The SMILES string of the molecule is CCCCCCC(C)(CCCCC)CCN1CCOC1. The molecule has 1 unspecified atom stereocenters. The molecule has 1 aliphatic heterocycles. The van der Waals surface area contributed by atoms with E-state index in [0.29, 0.717) is 5.41 Å². The quantitative estimate of drug-likeness (QED) is 0.455. The van der Waals surface area contributed by atoms with Gasteiger partial charge in [0.05, 0.1) is 13.3 Å². The predicted molar refractivity (Wildman–Crippen MR) is 88.0 cm³/mol. The molecule has 0 aromatic heterocycles. The average Bonchev–Trinajstić information content (AvgIpc) is 2.95. The second-order valence-corrected chi connectivity index (χ2v) is 6.98. The maximum absolute atomic E-state index is 5.46. The summed E-state index contributed by atoms with van der Waals surface area (Å²) in [4.78, 5) is 2.48. The van der Waals surface area contributed by atoms with Gasteiger partial charge in [0.15, 0.2) is 0 Å². The Balaban J connectivity index is 2.30. The van der Waals surface area contributed by atoms with E-state index in [2.05, 4.69) is 25.7 Å². The first kappa shape index (κ1) is 18.0. The van der Waals surface area contributed by atoms with Crippen LogP contribution < -0.4 is 0 Å². The van der Waals surface area contributed by atoms with Crippen LogP contribution in [0.4, 0.5) is 0 Å². The second-order valence-electron chi connectivity index (χ2n) is 6.98. The van der Waals surface area contributed by atoms with Gasteiger partial charge in [0.1, 0.15) is 0 Å². The molecule has 1 aliphatic rings. The van der Waals surface area contributed by atoms with E-state index in [-0.39, 0.29) is 0 Å². The maximum atomic E-state index is 5.46. The van der Waals surface area contributed by atoms with Crippen LogP contribution in [0.1, 0.15) is 85.0 Å². The Morgan fingerprint density at radius 1 is 0.900 bits per heavy atom. The fourth-order valence-corrected chi connectivity index (χ4v) is 3.21. The zero-order valence-corrected chi connectivity index (χ0v) is 14.3. The predicted octanol–water partition coefficient (Wildman–Crippen LogP) is 5.22. The Morgan fingerprint density at radius 3 is 2.15 bits per heavy atom. The van der Waals surface area contributed by atoms with Crippen molar-refractivity contribution in [3.63, 3.8) is 0 Å². The molecule has 0 aliphatic carbocycles. The van der Waals surface area contributed by atoms with Crippen LogP contribution in [0.2, 0.25) is 0 Å². The highest BCUT2D eigenvalue weighted by atomic mass is 16.5. The van der Waals surface area contributed by atoms with Gasteiger partial charge < -0.3 is 4.74 Å². The summed E-state index contributed by atoms with van der Waals surface area (Å²) in [5.74, 6) is 0. The number of hydrogen-bond donors (Lipinski definition) is 0. The highest BCUT2D eigenvalue weighted by Crippen LogP contribution is 2.35. The van der Waals surface area contributed by atoms with Crippen LogP contribution in [0.5, 0.6) is 0 Å². The van der Waals surface area contributed by atoms with Gasteiger partial charge in [-0.1, -0.05) is 65.7 Å². The average molecular weight is 283 g/mol. The van der Waals surface area contributed by atoms with E-state index in [1.54, 1.807) is 0 Å². The summed E-state index contributed by atoms with van der Waals surface area (Å²) in [6, 6.07) is 0. The molecule has 0 saturated carbocycles. The summed E-state index contributed by atoms with van der Waals surface area (Å²) < 4.78 is 5.46. The summed E-state index contributed by atoms with van der Waals surface area (Å²) in [5, 5.41) is 0. The van der Waals surface area contributed by atoms with E-state index in [1.807, 2.05) is 0 Å². The number of unbranched alkanes of at least 4 members (excludes halogenated alkanes) is 5. The molecule has 0 aromatic rings. The van der Waals surface area contributed by atoms with E-state index in [4.69, 9.17) is 4.74 Å². The molecule has 1 rings (SSSR count). The van der Waals surface area contributed by atoms with E-state index in [1.165, 1.54) is 70.8 Å². The van der Waals surface area contributed by atoms with Crippen molar-refractivity contribution in [2.75, 3.05) is 26.4 Å². The zero-order valence-electron chi connectivity index (χ0n) is 14.3. The Morgan fingerprint density at radius 2 is 1.55 bits per heavy atom. The van der Waals surface area contributed by atoms with Crippen molar-refractivity contribution in [1.29, 1.82) is 0 Å². The Hall–Kier alpha value is -0.0800. The third kappa shape index (κ3) is 7.64. The van der Waals surface area contributed by atoms with Gasteiger partial charge in [-0.2, -0.15) is 0 Å². The Kier molecular flexibility index (Phi) is 9.54. The highest BCUT2D eigenvalue weighted by molar-refractivity contribution is 4.77. The number of rotatable bonds is 12. The van der Waals surface area contributed by atoms with Crippen molar-refractivity contribution >= 4 is 0 Å². The summed E-state index contributed by atoms with van der Waals surface area (Å²) >= 11 is 0. The van der Waals surface area contributed by atoms with Gasteiger partial charge in [-0.05, 0) is 24.7 Å². The van der Waals surface area contributed by atoms with Crippen molar-refractivity contribution < 1.29 is 4.74 Å². The topological polar surface area (TPSA) is 12.5 Å². The normalized spacial score (nSPS) is 19.4. The summed E-state index contributed by atoms with van der Waals surface area (Å²) in [5.41, 5.74) is 0.561. The van der Waals surface area contributed by atoms with Gasteiger partial charge >= 0.3 is 0 Å². The molecule has 1 saturated heterocycles. The number of nitrogens with zero attached hydrogens (tertiary/aromatic N) is 1. The summed E-state index contributed by atoms with van der Waals surface area (Å²) in [6.07, 6.45) is 13.9. The molecular formula is C18H37NO. The lowest BCUT2D eigenvalue weighted by Crippen LogP contribution is -2.27. The van der Waals surface area contributed by atoms with Crippen molar-refractivity contribution in [3.8, 4) is 0 Å². The first-order valence-corrected chi connectivity index (χ1v) is 9.00. The van der Waals surface area contributed by atoms with Gasteiger partial charge in [-0.25, -0.2) is 0 Å². The fraction of sp³-hybridized carbons (Fsp3) is 1.00. The van der Waals surface area contributed by atoms with E-state index in [9.17, 15) is 0 Å². The van der Waals surface area contributed by atoms with E-state index >= 15 is 0 Å². The molecule has 0 spiro atoms. The van der Waals surface area contributed by atoms with Crippen LogP contribution in [0, 0.1) is 5.41 Å². The first-order valence-electron chi connectivity index (χ1n) is 9.00. The molecule has 0 radical (unpaired) electrons. The minimum absolute atomic E-state index is 0.561. The van der Waals surface area contributed by atoms with Crippen molar-refractivity contribution in [1.82, 2.24) is 4.90 Å². The molecular weight excluding hydrogens is 246 g/mol. The van der Waals surface area contributed by atoms with Gasteiger partial charge in [-0.15, -0.1) is 0 Å². The molecule has 2 heteroatoms. The van der Waals surface area contributed by atoms with E-state index < -0.39 is 0 Å². The first-order chi connectivity index (χ1) is 9.70. The van der Waals surface area contributed by atoms with Gasteiger partial charge in [0.2, 0.25) is 0 Å². The van der Waals surface area contributed by atoms with Crippen LogP contribution >= 0.6 is 0 Å². The Bertz CT molecular complexity index is 225. The molecule has 0 aromatic carbocycles. The van der Waals surface area contributed by atoms with Crippen LogP contribution in [0.3, 0.4) is 0 Å². The third-order valence-electron chi connectivity index (χ3n) is 4.88. The van der Waals surface area contributed by atoms with Gasteiger partial charge in [0, 0.05) is 13.1 Å². The van der Waals surface area contributed by atoms with Crippen LogP contribution in [0.15, 0.2) is 0 Å². The standard InChI is InChI=1S/C18H37NO/c1-4-6-8-10-12-18(3,11-9-7-5-2)13-14-19-15-16-20-17-19/h4-17H2,1-3H3. The van der Waals surface area contributed by atoms with Crippen molar-refractivity contribution in [2.45, 2.75) is 85.0 Å². The molecule has 120 valence electrons. The van der Waals surface area contributed by atoms with Gasteiger partial charge in [-0.3, -0.25) is 4.90 Å². The lowest BCUT2D eigenvalue weighted by atomic mass is 9.77. The monoisotopic (exact) mass is 283 g/mol. The molecule has 2 nitrogen and oxygen atoms in total. The Labute approximate surface area is 127 Å². The zero-order chi connectivity index (χ0) is 14.7. The van der Waals surface area contributed by atoms with Crippen LogP contribution in [0.25, 0.3) is 0 Å². The van der Waals surface area contributed by atoms with Gasteiger partial charge in [0.25, 0.3) is 0 Å². The fourth-order valence-electron chi connectivity index (χ4n) is 3.21. The lowest BCUT2D eigenvalue weighted by molar-refractivity contribution is 0.123. The molecule has 1 heterocycles. The second kappa shape index (κ2) is 10.6. The molecule has 0 N–H and O–H groups in total. The highest BCUT2D eigenvalue weighted by Gasteiger charge is 2.25. The minimum Gasteiger partial charge on any atom is -0.365 e.